The smallest absolute Gasteiger partial charge is 0.320 e. The molecule has 1 aromatic carbocycles. The van der Waals surface area contributed by atoms with Crippen molar-refractivity contribution in [3.05, 3.63) is 35.3 Å². The van der Waals surface area contributed by atoms with Gasteiger partial charge in [0.2, 0.25) is 0 Å². The molecular weight excluding hydrogens is 293 g/mol. The average Bonchev–Trinajstić information content (AvgIpc) is 2.76. The Morgan fingerprint density at radius 3 is 2.61 bits per heavy atom. The van der Waals surface area contributed by atoms with Gasteiger partial charge in [-0.05, 0) is 49.4 Å². The van der Waals surface area contributed by atoms with Crippen LogP contribution >= 0.6 is 0 Å². The van der Waals surface area contributed by atoms with E-state index in [0.29, 0.717) is 13.1 Å². The maximum absolute atomic E-state index is 14.0. The number of urea groups is 1. The average molecular weight is 315 g/mol. The van der Waals surface area contributed by atoms with Gasteiger partial charge in [0.25, 0.3) is 0 Å². The fourth-order valence-electron chi connectivity index (χ4n) is 3.92. The third-order valence-corrected chi connectivity index (χ3v) is 5.08. The topological polar surface area (TPSA) is 28.5 Å². The van der Waals surface area contributed by atoms with E-state index in [1.54, 1.807) is 12.1 Å². The third kappa shape index (κ3) is 2.48. The summed E-state index contributed by atoms with van der Waals surface area (Å²) in [6.45, 7) is 5.64. The Hall–Kier alpha value is -2.04. The van der Waals surface area contributed by atoms with Crippen molar-refractivity contribution in [2.75, 3.05) is 19.6 Å². The van der Waals surface area contributed by atoms with Crippen LogP contribution in [0.3, 0.4) is 0 Å². The Balaban J connectivity index is 1.68. The van der Waals surface area contributed by atoms with E-state index in [1.165, 1.54) is 6.42 Å². The molecule has 0 aliphatic carbocycles. The van der Waals surface area contributed by atoms with Crippen molar-refractivity contribution in [1.82, 2.24) is 14.4 Å². The number of halogens is 1. The van der Waals surface area contributed by atoms with Gasteiger partial charge in [-0.2, -0.15) is 0 Å². The van der Waals surface area contributed by atoms with Gasteiger partial charge in [0.1, 0.15) is 5.82 Å². The molecule has 2 amide bonds. The van der Waals surface area contributed by atoms with Gasteiger partial charge in [-0.15, -0.1) is 0 Å². The fourth-order valence-corrected chi connectivity index (χ4v) is 3.92. The molecule has 1 saturated heterocycles. The van der Waals surface area contributed by atoms with E-state index in [-0.39, 0.29) is 11.8 Å². The molecule has 0 radical (unpaired) electrons. The minimum absolute atomic E-state index is 0.101. The van der Waals surface area contributed by atoms with Crippen LogP contribution < -0.4 is 0 Å². The molecule has 122 valence electrons. The van der Waals surface area contributed by atoms with Gasteiger partial charge in [0.05, 0.1) is 5.52 Å². The molecule has 0 saturated carbocycles. The lowest BCUT2D eigenvalue weighted by Crippen LogP contribution is -2.45. The highest BCUT2D eigenvalue weighted by atomic mass is 19.1. The first-order valence-electron chi connectivity index (χ1n) is 8.45. The van der Waals surface area contributed by atoms with E-state index in [2.05, 4.69) is 10.8 Å². The quantitative estimate of drug-likeness (QED) is 0.731. The molecule has 3 heterocycles. The number of carbonyl (C=O) groups is 1. The molecular formula is C18H22FN3O. The van der Waals surface area contributed by atoms with Crippen LogP contribution in [0.2, 0.25) is 0 Å². The van der Waals surface area contributed by atoms with Crippen LogP contribution in [0, 0.1) is 12.7 Å². The first-order chi connectivity index (χ1) is 11.1. The van der Waals surface area contributed by atoms with E-state index in [1.807, 2.05) is 16.7 Å². The first kappa shape index (κ1) is 14.5. The van der Waals surface area contributed by atoms with Gasteiger partial charge in [0.15, 0.2) is 0 Å². The second-order valence-corrected chi connectivity index (χ2v) is 6.72. The third-order valence-electron chi connectivity index (χ3n) is 5.08. The van der Waals surface area contributed by atoms with Crippen LogP contribution in [0.15, 0.2) is 18.3 Å². The number of aromatic nitrogens is 1. The van der Waals surface area contributed by atoms with E-state index >= 15 is 0 Å². The summed E-state index contributed by atoms with van der Waals surface area (Å²) < 4.78 is 16.2. The van der Waals surface area contributed by atoms with Crippen LogP contribution in [0.4, 0.5) is 9.18 Å². The summed E-state index contributed by atoms with van der Waals surface area (Å²) >= 11 is 0. The Bertz CT molecular complexity index is 761. The predicted octanol–water partition coefficient (Wildman–Crippen LogP) is 3.51. The summed E-state index contributed by atoms with van der Waals surface area (Å²) in [5, 5.41) is 0.965. The van der Waals surface area contributed by atoms with Crippen LogP contribution in [0.1, 0.15) is 30.4 Å². The molecule has 1 fully saturated rings. The maximum atomic E-state index is 14.0. The fraction of sp³-hybridized carbons (Fsp3) is 0.500. The summed E-state index contributed by atoms with van der Waals surface area (Å²) in [5.74, 6) is -0.222. The molecule has 0 unspecified atom stereocenters. The number of hydrogen-bond donors (Lipinski definition) is 0. The standard InChI is InChI=1S/C18H22FN3O/c1-13-11-21-7-8-22(18(23)20-5-3-2-4-6-20)12-14-9-15(19)10-16(13)17(14)21/h9-11H,2-8,12H2,1H3. The summed E-state index contributed by atoms with van der Waals surface area (Å²) in [6, 6.07) is 3.29. The number of amides is 2. The largest absolute Gasteiger partial charge is 0.345 e. The zero-order chi connectivity index (χ0) is 16.0. The lowest BCUT2D eigenvalue weighted by atomic mass is 10.1. The lowest BCUT2D eigenvalue weighted by Gasteiger charge is -2.32. The van der Waals surface area contributed by atoms with Crippen molar-refractivity contribution in [2.45, 2.75) is 39.3 Å². The number of benzene rings is 1. The number of nitrogens with zero attached hydrogens (tertiary/aromatic N) is 3. The predicted molar refractivity (Wildman–Crippen MR) is 87.9 cm³/mol. The summed E-state index contributed by atoms with van der Waals surface area (Å²) in [4.78, 5) is 16.6. The second kappa shape index (κ2) is 5.55. The summed E-state index contributed by atoms with van der Waals surface area (Å²) in [6.07, 6.45) is 5.45. The van der Waals surface area contributed by atoms with Crippen molar-refractivity contribution in [3.63, 3.8) is 0 Å². The molecule has 1 aromatic heterocycles. The van der Waals surface area contributed by atoms with Crippen LogP contribution in [-0.4, -0.2) is 40.0 Å². The monoisotopic (exact) mass is 315 g/mol. The molecule has 2 aliphatic heterocycles. The molecule has 0 atom stereocenters. The molecule has 0 bridgehead atoms. The summed E-state index contributed by atoms with van der Waals surface area (Å²) in [7, 11) is 0. The van der Waals surface area contributed by atoms with Crippen molar-refractivity contribution in [2.24, 2.45) is 0 Å². The molecule has 0 spiro atoms. The van der Waals surface area contributed by atoms with Crippen LogP contribution in [0.5, 0.6) is 0 Å². The zero-order valence-corrected chi connectivity index (χ0v) is 13.5. The molecule has 4 nitrogen and oxygen atoms in total. The molecule has 0 N–H and O–H groups in total. The summed E-state index contributed by atoms with van der Waals surface area (Å²) in [5.41, 5.74) is 3.09. The number of hydrogen-bond acceptors (Lipinski definition) is 1. The van der Waals surface area contributed by atoms with Gasteiger partial charge in [-0.25, -0.2) is 9.18 Å². The van der Waals surface area contributed by atoms with Gasteiger partial charge >= 0.3 is 6.03 Å². The molecule has 2 aliphatic rings. The molecule has 4 rings (SSSR count). The minimum Gasteiger partial charge on any atom is -0.345 e. The lowest BCUT2D eigenvalue weighted by molar-refractivity contribution is 0.140. The first-order valence-corrected chi connectivity index (χ1v) is 8.45. The number of rotatable bonds is 0. The highest BCUT2D eigenvalue weighted by molar-refractivity contribution is 5.87. The molecule has 2 aromatic rings. The molecule has 5 heteroatoms. The number of likely N-dealkylation sites (tertiary alicyclic amines) is 1. The van der Waals surface area contributed by atoms with Gasteiger partial charge < -0.3 is 14.4 Å². The SMILES string of the molecule is Cc1cn2c3c(cc(F)cc13)CN(C(=O)N1CCCCC1)CC2. The maximum Gasteiger partial charge on any atom is 0.320 e. The van der Waals surface area contributed by atoms with Gasteiger partial charge in [0, 0.05) is 44.3 Å². The van der Waals surface area contributed by atoms with Crippen molar-refractivity contribution >= 4 is 16.9 Å². The number of carbonyl (C=O) groups excluding carboxylic acids is 1. The van der Waals surface area contributed by atoms with Gasteiger partial charge in [-0.3, -0.25) is 0 Å². The van der Waals surface area contributed by atoms with Crippen LogP contribution in [0.25, 0.3) is 10.9 Å². The van der Waals surface area contributed by atoms with Crippen molar-refractivity contribution < 1.29 is 9.18 Å². The highest BCUT2D eigenvalue weighted by Gasteiger charge is 2.26. The van der Waals surface area contributed by atoms with E-state index in [0.717, 1.165) is 54.5 Å². The Kier molecular flexibility index (Phi) is 3.51. The Labute approximate surface area is 135 Å². The number of piperidine rings is 1. The van der Waals surface area contributed by atoms with Crippen molar-refractivity contribution in [3.8, 4) is 0 Å². The minimum atomic E-state index is -0.222. The van der Waals surface area contributed by atoms with Gasteiger partial charge in [-0.1, -0.05) is 0 Å². The van der Waals surface area contributed by atoms with E-state index in [4.69, 9.17) is 0 Å². The van der Waals surface area contributed by atoms with Crippen molar-refractivity contribution in [1.29, 1.82) is 0 Å². The normalized spacial score (nSPS) is 18.3. The van der Waals surface area contributed by atoms with E-state index in [9.17, 15) is 9.18 Å². The van der Waals surface area contributed by atoms with E-state index < -0.39 is 0 Å². The molecule has 23 heavy (non-hydrogen) atoms. The Morgan fingerprint density at radius 2 is 1.83 bits per heavy atom. The number of aryl methyl sites for hydroxylation is 1. The second-order valence-electron chi connectivity index (χ2n) is 6.72. The Morgan fingerprint density at radius 1 is 1.04 bits per heavy atom. The zero-order valence-electron chi connectivity index (χ0n) is 13.5. The highest BCUT2D eigenvalue weighted by Crippen LogP contribution is 2.29. The van der Waals surface area contributed by atoms with Crippen LogP contribution in [-0.2, 0) is 13.1 Å².